The molecular formula is C22H26BrNO5. The molecule has 3 rings (SSSR count). The number of likely N-dealkylation sites (tertiary alicyclic amines) is 1. The number of rotatable bonds is 7. The van der Waals surface area contributed by atoms with E-state index in [9.17, 15) is 15.0 Å². The molecule has 0 radical (unpaired) electrons. The molecule has 0 amide bonds. The maximum atomic E-state index is 11.5. The Morgan fingerprint density at radius 2 is 2.03 bits per heavy atom. The molecule has 6 nitrogen and oxygen atoms in total. The molecule has 2 aromatic rings. The van der Waals surface area contributed by atoms with Gasteiger partial charge in [0, 0.05) is 23.1 Å². The van der Waals surface area contributed by atoms with Crippen LogP contribution in [0.4, 0.5) is 0 Å². The number of ether oxygens (including phenoxy) is 2. The number of aliphatic hydroxyl groups is 2. The van der Waals surface area contributed by atoms with Crippen molar-refractivity contribution in [1.29, 1.82) is 0 Å². The molecule has 0 saturated carbocycles. The molecular weight excluding hydrogens is 438 g/mol. The van der Waals surface area contributed by atoms with Crippen LogP contribution in [0, 0.1) is 0 Å². The maximum absolute atomic E-state index is 11.5. The van der Waals surface area contributed by atoms with Gasteiger partial charge in [0.05, 0.1) is 24.9 Å². The fourth-order valence-electron chi connectivity index (χ4n) is 3.47. The van der Waals surface area contributed by atoms with E-state index in [0.29, 0.717) is 36.6 Å². The maximum Gasteiger partial charge on any atom is 0.337 e. The fraction of sp³-hybridized carbons (Fsp3) is 0.409. The van der Waals surface area contributed by atoms with Gasteiger partial charge in [-0.1, -0.05) is 28.1 Å². The Morgan fingerprint density at radius 1 is 1.28 bits per heavy atom. The van der Waals surface area contributed by atoms with Crippen molar-refractivity contribution in [3.05, 3.63) is 63.6 Å². The van der Waals surface area contributed by atoms with E-state index < -0.39 is 6.10 Å². The van der Waals surface area contributed by atoms with Crippen molar-refractivity contribution >= 4 is 21.9 Å². The number of piperidine rings is 1. The van der Waals surface area contributed by atoms with Gasteiger partial charge in [-0.25, -0.2) is 4.79 Å². The van der Waals surface area contributed by atoms with Crippen molar-refractivity contribution in [2.45, 2.75) is 31.7 Å². The zero-order chi connectivity index (χ0) is 20.8. The summed E-state index contributed by atoms with van der Waals surface area (Å²) in [6.07, 6.45) is 0.681. The first-order chi connectivity index (χ1) is 14.0. The Kier molecular flexibility index (Phi) is 7.66. The summed E-state index contributed by atoms with van der Waals surface area (Å²) in [5.41, 5.74) is 2.09. The SMILES string of the molecule is COC(=O)c1ccc(COc2ccc(Br)cc2C(O)CN2CCCC(O)C2)cc1. The standard InChI is InChI=1S/C22H26BrNO5/c1-28-22(27)16-6-4-15(5-7-16)14-29-21-9-8-17(23)11-19(21)20(26)13-24-10-2-3-18(25)12-24/h4-9,11,18,20,25-26H,2-3,10,12-14H2,1H3. The molecule has 1 heterocycles. The minimum absolute atomic E-state index is 0.311. The molecule has 2 atom stereocenters. The largest absolute Gasteiger partial charge is 0.489 e. The Morgan fingerprint density at radius 3 is 2.72 bits per heavy atom. The first-order valence-corrected chi connectivity index (χ1v) is 10.4. The zero-order valence-electron chi connectivity index (χ0n) is 16.4. The lowest BCUT2D eigenvalue weighted by Gasteiger charge is -2.31. The van der Waals surface area contributed by atoms with Crippen molar-refractivity contribution in [3.63, 3.8) is 0 Å². The highest BCUT2D eigenvalue weighted by Gasteiger charge is 2.22. The van der Waals surface area contributed by atoms with Gasteiger partial charge in [0.1, 0.15) is 12.4 Å². The minimum atomic E-state index is -0.727. The summed E-state index contributed by atoms with van der Waals surface area (Å²) in [7, 11) is 1.35. The summed E-state index contributed by atoms with van der Waals surface area (Å²) in [5.74, 6) is 0.230. The quantitative estimate of drug-likeness (QED) is 0.613. The molecule has 2 N–H and O–H groups in total. The lowest BCUT2D eigenvalue weighted by Crippen LogP contribution is -2.40. The summed E-state index contributed by atoms with van der Waals surface area (Å²) in [6.45, 7) is 2.20. The molecule has 1 aliphatic heterocycles. The summed E-state index contributed by atoms with van der Waals surface area (Å²) < 4.78 is 11.5. The van der Waals surface area contributed by atoms with Gasteiger partial charge in [0.2, 0.25) is 0 Å². The van der Waals surface area contributed by atoms with E-state index in [0.717, 1.165) is 29.4 Å². The lowest BCUT2D eigenvalue weighted by atomic mass is 10.0. The predicted molar refractivity (Wildman–Crippen MR) is 113 cm³/mol. The lowest BCUT2D eigenvalue weighted by molar-refractivity contribution is 0.0383. The van der Waals surface area contributed by atoms with Crippen LogP contribution in [-0.2, 0) is 11.3 Å². The number of methoxy groups -OCH3 is 1. The highest BCUT2D eigenvalue weighted by atomic mass is 79.9. The van der Waals surface area contributed by atoms with Crippen LogP contribution in [0.15, 0.2) is 46.9 Å². The molecule has 2 unspecified atom stereocenters. The number of carbonyl (C=O) groups excluding carboxylic acids is 1. The molecule has 1 saturated heterocycles. The highest BCUT2D eigenvalue weighted by Crippen LogP contribution is 2.30. The van der Waals surface area contributed by atoms with Gasteiger partial charge in [-0.2, -0.15) is 0 Å². The number of hydrogen-bond acceptors (Lipinski definition) is 6. The number of carbonyl (C=O) groups is 1. The van der Waals surface area contributed by atoms with E-state index in [4.69, 9.17) is 9.47 Å². The number of β-amino-alcohol motifs (C(OH)–C–C–N with tert-alkyl or cyclic N) is 2. The number of halogens is 1. The molecule has 0 bridgehead atoms. The number of hydrogen-bond donors (Lipinski definition) is 2. The Bertz CT molecular complexity index is 826. The van der Waals surface area contributed by atoms with Crippen LogP contribution in [0.5, 0.6) is 5.75 Å². The topological polar surface area (TPSA) is 79.2 Å². The molecule has 0 spiro atoms. The molecule has 7 heteroatoms. The van der Waals surface area contributed by atoms with Gasteiger partial charge in [0.15, 0.2) is 0 Å². The van der Waals surface area contributed by atoms with Crippen molar-refractivity contribution < 1.29 is 24.5 Å². The summed E-state index contributed by atoms with van der Waals surface area (Å²) in [5, 5.41) is 20.7. The number of esters is 1. The van der Waals surface area contributed by atoms with Crippen molar-refractivity contribution in [2.75, 3.05) is 26.7 Å². The third kappa shape index (κ3) is 6.02. The number of benzene rings is 2. The van der Waals surface area contributed by atoms with Crippen LogP contribution >= 0.6 is 15.9 Å². The number of nitrogens with zero attached hydrogens (tertiary/aromatic N) is 1. The monoisotopic (exact) mass is 463 g/mol. The second-order valence-electron chi connectivity index (χ2n) is 7.23. The Balaban J connectivity index is 1.67. The minimum Gasteiger partial charge on any atom is -0.489 e. The van der Waals surface area contributed by atoms with E-state index in [1.807, 2.05) is 30.3 Å². The van der Waals surface area contributed by atoms with Gasteiger partial charge in [-0.15, -0.1) is 0 Å². The highest BCUT2D eigenvalue weighted by molar-refractivity contribution is 9.10. The molecule has 0 aromatic heterocycles. The van der Waals surface area contributed by atoms with Crippen LogP contribution in [0.3, 0.4) is 0 Å². The van der Waals surface area contributed by atoms with Gasteiger partial charge >= 0.3 is 5.97 Å². The number of aliphatic hydroxyl groups excluding tert-OH is 2. The Labute approximate surface area is 179 Å². The third-order valence-corrected chi connectivity index (χ3v) is 5.51. The van der Waals surface area contributed by atoms with Gasteiger partial charge < -0.3 is 19.7 Å². The molecule has 156 valence electrons. The van der Waals surface area contributed by atoms with Crippen LogP contribution in [-0.4, -0.2) is 53.9 Å². The second kappa shape index (κ2) is 10.2. The smallest absolute Gasteiger partial charge is 0.337 e. The van der Waals surface area contributed by atoms with E-state index in [2.05, 4.69) is 20.8 Å². The van der Waals surface area contributed by atoms with Gasteiger partial charge in [-0.05, 0) is 55.3 Å². The van der Waals surface area contributed by atoms with E-state index in [1.165, 1.54) is 7.11 Å². The fourth-order valence-corrected chi connectivity index (χ4v) is 3.85. The molecule has 29 heavy (non-hydrogen) atoms. The second-order valence-corrected chi connectivity index (χ2v) is 8.15. The zero-order valence-corrected chi connectivity index (χ0v) is 18.0. The van der Waals surface area contributed by atoms with Crippen LogP contribution in [0.25, 0.3) is 0 Å². The summed E-state index contributed by atoms with van der Waals surface area (Å²) in [6, 6.07) is 12.6. The van der Waals surface area contributed by atoms with E-state index >= 15 is 0 Å². The first kappa shape index (κ1) is 21.8. The van der Waals surface area contributed by atoms with Crippen molar-refractivity contribution in [3.8, 4) is 5.75 Å². The molecule has 1 aliphatic rings. The Hall–Kier alpha value is -1.93. The predicted octanol–water partition coefficient (Wildman–Crippen LogP) is 3.30. The summed E-state index contributed by atoms with van der Waals surface area (Å²) in [4.78, 5) is 13.6. The van der Waals surface area contributed by atoms with Crippen LogP contribution < -0.4 is 4.74 Å². The van der Waals surface area contributed by atoms with Crippen molar-refractivity contribution in [2.24, 2.45) is 0 Å². The third-order valence-electron chi connectivity index (χ3n) is 5.01. The van der Waals surface area contributed by atoms with Gasteiger partial charge in [0.25, 0.3) is 0 Å². The average Bonchev–Trinajstić information content (AvgIpc) is 2.72. The normalized spacial score (nSPS) is 18.3. The average molecular weight is 464 g/mol. The molecule has 2 aromatic carbocycles. The van der Waals surface area contributed by atoms with Crippen LogP contribution in [0.2, 0.25) is 0 Å². The van der Waals surface area contributed by atoms with Crippen LogP contribution in [0.1, 0.15) is 40.4 Å². The molecule has 0 aliphatic carbocycles. The molecule has 1 fully saturated rings. The van der Waals surface area contributed by atoms with Crippen molar-refractivity contribution in [1.82, 2.24) is 4.90 Å². The van der Waals surface area contributed by atoms with E-state index in [1.54, 1.807) is 12.1 Å². The first-order valence-electron chi connectivity index (χ1n) is 9.64. The van der Waals surface area contributed by atoms with E-state index in [-0.39, 0.29) is 12.1 Å². The summed E-state index contributed by atoms with van der Waals surface area (Å²) >= 11 is 3.46. The van der Waals surface area contributed by atoms with Gasteiger partial charge in [-0.3, -0.25) is 4.90 Å².